The molecule has 0 unspecified atom stereocenters. The number of rotatable bonds is 7. The second-order valence-electron chi connectivity index (χ2n) is 10.1. The van der Waals surface area contributed by atoms with E-state index in [2.05, 4.69) is 37.9 Å². The van der Waals surface area contributed by atoms with Gasteiger partial charge in [0.05, 0.1) is 11.4 Å². The summed E-state index contributed by atoms with van der Waals surface area (Å²) in [6.45, 7) is 9.61. The van der Waals surface area contributed by atoms with Gasteiger partial charge in [0.15, 0.2) is 0 Å². The molecule has 1 aliphatic carbocycles. The standard InChI is InChI=1S/C26H33FN6O3/c1-13(2)22-19(12-36-33-22)25(34)30-23(17-8-6-14(3)7-9-17)26(35)29-20-11-10-18(24(27)28-20)21-15(4)31-32-16(21)5/h10-14,17,23H,6-9H2,1-5H3,(H,30,34)(H,31,32)(H,28,29,35)/t14-,17-,23-/m0/s1. The van der Waals surface area contributed by atoms with Crippen LogP contribution >= 0.6 is 0 Å². The number of aromatic nitrogens is 4. The molecule has 3 aromatic heterocycles. The molecule has 0 saturated heterocycles. The lowest BCUT2D eigenvalue weighted by Gasteiger charge is -2.32. The SMILES string of the molecule is Cc1n[nH]c(C)c1-c1ccc(NC(=O)[C@@H](NC(=O)c2conc2C(C)C)[C@H]2CC[C@H](C)CC2)nc1F. The minimum Gasteiger partial charge on any atom is -0.364 e. The van der Waals surface area contributed by atoms with Crippen LogP contribution in [-0.4, -0.2) is 38.2 Å². The van der Waals surface area contributed by atoms with E-state index in [4.69, 9.17) is 4.52 Å². The monoisotopic (exact) mass is 496 g/mol. The number of carbonyl (C=O) groups is 2. The number of nitrogens with one attached hydrogen (secondary N) is 3. The van der Waals surface area contributed by atoms with Gasteiger partial charge < -0.3 is 15.2 Å². The van der Waals surface area contributed by atoms with Crippen molar-refractivity contribution >= 4 is 17.6 Å². The fourth-order valence-electron chi connectivity index (χ4n) is 4.91. The summed E-state index contributed by atoms with van der Waals surface area (Å²) in [5.74, 6) is -0.965. The van der Waals surface area contributed by atoms with Crippen LogP contribution in [0.2, 0.25) is 0 Å². The van der Waals surface area contributed by atoms with Gasteiger partial charge in [0.1, 0.15) is 23.7 Å². The quantitative estimate of drug-likeness (QED) is 0.399. The molecule has 3 N–H and O–H groups in total. The van der Waals surface area contributed by atoms with Crippen LogP contribution in [0.1, 0.15) is 79.8 Å². The zero-order valence-corrected chi connectivity index (χ0v) is 21.3. The Hall–Kier alpha value is -3.56. The zero-order valence-electron chi connectivity index (χ0n) is 21.3. The number of H-pyrrole nitrogens is 1. The molecule has 3 aromatic rings. The highest BCUT2D eigenvalue weighted by Crippen LogP contribution is 2.32. The molecular weight excluding hydrogens is 463 g/mol. The van der Waals surface area contributed by atoms with Crippen LogP contribution in [-0.2, 0) is 4.79 Å². The Morgan fingerprint density at radius 1 is 1.17 bits per heavy atom. The minimum absolute atomic E-state index is 0.0134. The Bertz CT molecular complexity index is 1220. The van der Waals surface area contributed by atoms with Gasteiger partial charge in [0.2, 0.25) is 11.9 Å². The van der Waals surface area contributed by atoms with Gasteiger partial charge in [-0.1, -0.05) is 38.8 Å². The molecule has 1 saturated carbocycles. The zero-order chi connectivity index (χ0) is 26.0. The van der Waals surface area contributed by atoms with E-state index in [1.807, 2.05) is 20.8 Å². The van der Waals surface area contributed by atoms with Gasteiger partial charge in [0, 0.05) is 16.8 Å². The summed E-state index contributed by atoms with van der Waals surface area (Å²) >= 11 is 0. The fraction of sp³-hybridized carbons (Fsp3) is 0.500. The number of halogens is 1. The molecule has 36 heavy (non-hydrogen) atoms. The van der Waals surface area contributed by atoms with Crippen LogP contribution in [0.3, 0.4) is 0 Å². The number of carbonyl (C=O) groups excluding carboxylic acids is 2. The van der Waals surface area contributed by atoms with Crippen molar-refractivity contribution in [3.63, 3.8) is 0 Å². The summed E-state index contributed by atoms with van der Waals surface area (Å²) < 4.78 is 20.0. The summed E-state index contributed by atoms with van der Waals surface area (Å²) in [5, 5.41) is 16.5. The summed E-state index contributed by atoms with van der Waals surface area (Å²) in [4.78, 5) is 30.5. The van der Waals surface area contributed by atoms with Gasteiger partial charge in [0.25, 0.3) is 5.91 Å². The van der Waals surface area contributed by atoms with Crippen molar-refractivity contribution in [2.24, 2.45) is 11.8 Å². The van der Waals surface area contributed by atoms with Crippen LogP contribution in [0.15, 0.2) is 22.9 Å². The van der Waals surface area contributed by atoms with Crippen LogP contribution < -0.4 is 10.6 Å². The first-order chi connectivity index (χ1) is 17.2. The molecule has 10 heteroatoms. The maximum absolute atomic E-state index is 14.9. The van der Waals surface area contributed by atoms with Crippen molar-refractivity contribution in [1.29, 1.82) is 0 Å². The lowest BCUT2D eigenvalue weighted by atomic mass is 9.79. The highest BCUT2D eigenvalue weighted by Gasteiger charge is 2.34. The fourth-order valence-corrected chi connectivity index (χ4v) is 4.91. The van der Waals surface area contributed by atoms with E-state index in [1.165, 1.54) is 6.26 Å². The number of pyridine rings is 1. The Morgan fingerprint density at radius 3 is 2.50 bits per heavy atom. The van der Waals surface area contributed by atoms with Crippen molar-refractivity contribution in [3.8, 4) is 11.1 Å². The summed E-state index contributed by atoms with van der Waals surface area (Å²) in [5.41, 5.74) is 3.19. The number of hydrogen-bond donors (Lipinski definition) is 3. The van der Waals surface area contributed by atoms with Crippen molar-refractivity contribution in [1.82, 2.24) is 25.7 Å². The van der Waals surface area contributed by atoms with Crippen molar-refractivity contribution < 1.29 is 18.5 Å². The lowest BCUT2D eigenvalue weighted by molar-refractivity contribution is -0.119. The molecule has 0 aliphatic heterocycles. The highest BCUT2D eigenvalue weighted by molar-refractivity contribution is 6.01. The van der Waals surface area contributed by atoms with E-state index in [-0.39, 0.29) is 17.7 Å². The Morgan fingerprint density at radius 2 is 1.89 bits per heavy atom. The molecule has 0 bridgehead atoms. The van der Waals surface area contributed by atoms with E-state index < -0.39 is 23.8 Å². The minimum atomic E-state index is -0.803. The summed E-state index contributed by atoms with van der Waals surface area (Å²) in [7, 11) is 0. The Labute approximate surface area is 209 Å². The summed E-state index contributed by atoms with van der Waals surface area (Å²) in [6, 6.07) is 2.33. The maximum Gasteiger partial charge on any atom is 0.257 e. The van der Waals surface area contributed by atoms with Crippen LogP contribution in [0, 0.1) is 31.6 Å². The van der Waals surface area contributed by atoms with Crippen molar-refractivity contribution in [2.45, 2.75) is 72.3 Å². The van der Waals surface area contributed by atoms with Gasteiger partial charge in [-0.15, -0.1) is 0 Å². The Balaban J connectivity index is 1.55. The van der Waals surface area contributed by atoms with Gasteiger partial charge in [-0.3, -0.25) is 14.7 Å². The topological polar surface area (TPSA) is 126 Å². The van der Waals surface area contributed by atoms with Gasteiger partial charge in [-0.25, -0.2) is 4.98 Å². The second-order valence-corrected chi connectivity index (χ2v) is 10.1. The third kappa shape index (κ3) is 5.32. The molecule has 192 valence electrons. The van der Waals surface area contributed by atoms with Crippen molar-refractivity contribution in [2.75, 3.05) is 5.32 Å². The maximum atomic E-state index is 14.9. The van der Waals surface area contributed by atoms with Crippen LogP contribution in [0.4, 0.5) is 10.2 Å². The van der Waals surface area contributed by atoms with E-state index in [1.54, 1.807) is 19.1 Å². The first-order valence-corrected chi connectivity index (χ1v) is 12.4. The first kappa shape index (κ1) is 25.5. The molecule has 0 spiro atoms. The smallest absolute Gasteiger partial charge is 0.257 e. The molecule has 4 rings (SSSR count). The molecule has 1 aliphatic rings. The number of amides is 2. The highest BCUT2D eigenvalue weighted by atomic mass is 19.1. The predicted molar refractivity (Wildman–Crippen MR) is 133 cm³/mol. The average Bonchev–Trinajstić information content (AvgIpc) is 3.45. The molecule has 1 atom stereocenters. The number of aromatic amines is 1. The normalized spacial score (nSPS) is 18.8. The van der Waals surface area contributed by atoms with Gasteiger partial charge >= 0.3 is 0 Å². The molecule has 9 nitrogen and oxygen atoms in total. The molecular formula is C26H33FN6O3. The van der Waals surface area contributed by atoms with Gasteiger partial charge in [-0.05, 0) is 56.6 Å². The van der Waals surface area contributed by atoms with Gasteiger partial charge in [-0.2, -0.15) is 9.49 Å². The number of nitrogens with zero attached hydrogens (tertiary/aromatic N) is 3. The summed E-state index contributed by atoms with van der Waals surface area (Å²) in [6.07, 6.45) is 4.86. The predicted octanol–water partition coefficient (Wildman–Crippen LogP) is 4.90. The van der Waals surface area contributed by atoms with E-state index >= 15 is 0 Å². The Kier molecular flexibility index (Phi) is 7.51. The van der Waals surface area contributed by atoms with Crippen LogP contribution in [0.5, 0.6) is 0 Å². The largest absolute Gasteiger partial charge is 0.364 e. The number of anilines is 1. The van der Waals surface area contributed by atoms with E-state index in [0.29, 0.717) is 34.0 Å². The molecule has 0 radical (unpaired) electrons. The van der Waals surface area contributed by atoms with Crippen molar-refractivity contribution in [3.05, 3.63) is 47.0 Å². The number of aryl methyl sites for hydroxylation is 2. The third-order valence-corrected chi connectivity index (χ3v) is 6.99. The third-order valence-electron chi connectivity index (χ3n) is 6.99. The molecule has 2 amide bonds. The number of hydrogen-bond acceptors (Lipinski definition) is 6. The first-order valence-electron chi connectivity index (χ1n) is 12.4. The lowest BCUT2D eigenvalue weighted by Crippen LogP contribution is -2.49. The average molecular weight is 497 g/mol. The van der Waals surface area contributed by atoms with E-state index in [0.717, 1.165) is 31.4 Å². The molecule has 3 heterocycles. The van der Waals surface area contributed by atoms with Crippen LogP contribution in [0.25, 0.3) is 11.1 Å². The molecule has 1 fully saturated rings. The second kappa shape index (κ2) is 10.6. The molecule has 0 aromatic carbocycles. The van der Waals surface area contributed by atoms with E-state index in [9.17, 15) is 14.0 Å².